The van der Waals surface area contributed by atoms with Gasteiger partial charge in [-0.3, -0.25) is 4.79 Å². The molecule has 0 bridgehead atoms. The lowest BCUT2D eigenvalue weighted by Crippen LogP contribution is -2.09. The number of amides is 1. The highest BCUT2D eigenvalue weighted by molar-refractivity contribution is 7.11. The summed E-state index contributed by atoms with van der Waals surface area (Å²) in [5.74, 6) is 0.199. The second-order valence-corrected chi connectivity index (χ2v) is 8.45. The van der Waals surface area contributed by atoms with Crippen molar-refractivity contribution >= 4 is 45.9 Å². The molecule has 0 fully saturated rings. The second-order valence-electron chi connectivity index (χ2n) is 7.50. The van der Waals surface area contributed by atoms with Crippen LogP contribution >= 0.6 is 11.3 Å². The molecule has 0 saturated carbocycles. The van der Waals surface area contributed by atoms with Gasteiger partial charge in [0.2, 0.25) is 0 Å². The van der Waals surface area contributed by atoms with Crippen molar-refractivity contribution in [3.63, 3.8) is 0 Å². The van der Waals surface area contributed by atoms with E-state index < -0.39 is 5.97 Å². The lowest BCUT2D eigenvalue weighted by Gasteiger charge is -2.13. The fourth-order valence-electron chi connectivity index (χ4n) is 3.82. The molecule has 3 heterocycles. The van der Waals surface area contributed by atoms with Crippen LogP contribution in [0.2, 0.25) is 0 Å². The average Bonchev–Trinajstić information content (AvgIpc) is 3.57. The van der Waals surface area contributed by atoms with Crippen LogP contribution in [-0.2, 0) is 16.6 Å². The Bertz CT molecular complexity index is 1390. The van der Waals surface area contributed by atoms with Crippen molar-refractivity contribution in [1.82, 2.24) is 9.55 Å². The van der Waals surface area contributed by atoms with E-state index in [0.29, 0.717) is 22.5 Å². The van der Waals surface area contributed by atoms with Gasteiger partial charge in [0.15, 0.2) is 0 Å². The van der Waals surface area contributed by atoms with E-state index in [0.717, 1.165) is 27.5 Å². The van der Waals surface area contributed by atoms with Gasteiger partial charge in [-0.2, -0.15) is 0 Å². The standard InChI is InChI=1S/C25H20N4O3S/c1-29-12-11-26-23(29)15-5-8-17(9-6-15)27-22(20-4-3-13-33-20)21-18-10-7-16(25(31)32-2)14-19(18)28-24(21)30/h3-14,27H,1-2H3,(H,28,30). The van der Waals surface area contributed by atoms with Gasteiger partial charge in [0.05, 0.1) is 34.5 Å². The molecule has 1 aliphatic rings. The van der Waals surface area contributed by atoms with Gasteiger partial charge in [0.25, 0.3) is 5.91 Å². The average molecular weight is 457 g/mol. The summed E-state index contributed by atoms with van der Waals surface area (Å²) in [5.41, 5.74) is 4.77. The van der Waals surface area contributed by atoms with E-state index in [-0.39, 0.29) is 5.91 Å². The second kappa shape index (κ2) is 8.40. The summed E-state index contributed by atoms with van der Waals surface area (Å²) in [6.07, 6.45) is 3.67. The molecule has 0 aliphatic carbocycles. The van der Waals surface area contributed by atoms with Crippen molar-refractivity contribution in [2.45, 2.75) is 0 Å². The van der Waals surface area contributed by atoms with Crippen molar-refractivity contribution in [3.05, 3.63) is 88.4 Å². The number of carbonyl (C=O) groups excluding carboxylic acids is 2. The third-order valence-corrected chi connectivity index (χ3v) is 6.32. The number of thiophene rings is 1. The molecule has 164 valence electrons. The van der Waals surface area contributed by atoms with Crippen LogP contribution in [0.25, 0.3) is 22.7 Å². The monoisotopic (exact) mass is 456 g/mol. The van der Waals surface area contributed by atoms with E-state index >= 15 is 0 Å². The van der Waals surface area contributed by atoms with Crippen molar-refractivity contribution in [1.29, 1.82) is 0 Å². The highest BCUT2D eigenvalue weighted by atomic mass is 32.1. The maximum Gasteiger partial charge on any atom is 0.337 e. The zero-order valence-corrected chi connectivity index (χ0v) is 18.8. The van der Waals surface area contributed by atoms with E-state index in [1.807, 2.05) is 59.6 Å². The van der Waals surface area contributed by atoms with Crippen LogP contribution in [0.5, 0.6) is 0 Å². The minimum Gasteiger partial charge on any atom is -0.465 e. The quantitative estimate of drug-likeness (QED) is 0.331. The van der Waals surface area contributed by atoms with Crippen molar-refractivity contribution < 1.29 is 14.3 Å². The Morgan fingerprint density at radius 2 is 1.97 bits per heavy atom. The molecular weight excluding hydrogens is 436 g/mol. The number of carbonyl (C=O) groups is 2. The molecule has 1 amide bonds. The van der Waals surface area contributed by atoms with Crippen LogP contribution in [0.3, 0.4) is 0 Å². The molecule has 8 heteroatoms. The topological polar surface area (TPSA) is 85.2 Å². The van der Waals surface area contributed by atoms with E-state index in [4.69, 9.17) is 4.74 Å². The van der Waals surface area contributed by atoms with Gasteiger partial charge in [-0.1, -0.05) is 12.1 Å². The molecule has 2 N–H and O–H groups in total. The summed E-state index contributed by atoms with van der Waals surface area (Å²) in [6, 6.07) is 16.9. The van der Waals surface area contributed by atoms with Gasteiger partial charge >= 0.3 is 5.97 Å². The van der Waals surface area contributed by atoms with Crippen molar-refractivity contribution in [3.8, 4) is 11.4 Å². The zero-order chi connectivity index (χ0) is 22.9. The van der Waals surface area contributed by atoms with Crippen LogP contribution in [0.1, 0.15) is 20.8 Å². The lowest BCUT2D eigenvalue weighted by atomic mass is 10.0. The highest BCUT2D eigenvalue weighted by Crippen LogP contribution is 2.39. The molecule has 4 aromatic rings. The number of anilines is 2. The molecule has 5 rings (SSSR count). The van der Waals surface area contributed by atoms with E-state index in [9.17, 15) is 9.59 Å². The summed E-state index contributed by atoms with van der Waals surface area (Å²) in [7, 11) is 3.28. The number of aromatic nitrogens is 2. The molecule has 2 aromatic heterocycles. The number of hydrogen-bond donors (Lipinski definition) is 2. The molecule has 0 radical (unpaired) electrons. The van der Waals surface area contributed by atoms with Gasteiger partial charge in [0, 0.05) is 36.3 Å². The number of fused-ring (bicyclic) bond motifs is 1. The lowest BCUT2D eigenvalue weighted by molar-refractivity contribution is -0.110. The number of imidazole rings is 1. The fraction of sp³-hybridized carbons (Fsp3) is 0.0800. The van der Waals surface area contributed by atoms with Crippen LogP contribution in [0.15, 0.2) is 72.4 Å². The van der Waals surface area contributed by atoms with Crippen LogP contribution < -0.4 is 10.6 Å². The van der Waals surface area contributed by atoms with E-state index in [1.54, 1.807) is 35.7 Å². The zero-order valence-electron chi connectivity index (χ0n) is 18.0. The Morgan fingerprint density at radius 1 is 1.15 bits per heavy atom. The van der Waals surface area contributed by atoms with Gasteiger partial charge in [-0.15, -0.1) is 11.3 Å². The molecule has 0 unspecified atom stereocenters. The number of rotatable bonds is 5. The Morgan fingerprint density at radius 3 is 2.64 bits per heavy atom. The predicted octanol–water partition coefficient (Wildman–Crippen LogP) is 4.87. The SMILES string of the molecule is COC(=O)c1ccc2c(c1)NC(=O)C2=C(Nc1ccc(-c2nccn2C)cc1)c1cccs1. The van der Waals surface area contributed by atoms with Gasteiger partial charge in [-0.05, 0) is 47.8 Å². The number of nitrogens with one attached hydrogen (secondary N) is 2. The van der Waals surface area contributed by atoms with Gasteiger partial charge < -0.3 is 19.9 Å². The molecule has 33 heavy (non-hydrogen) atoms. The number of methoxy groups -OCH3 is 1. The predicted molar refractivity (Wildman–Crippen MR) is 130 cm³/mol. The molecule has 1 aliphatic heterocycles. The molecular formula is C25H20N4O3S. The largest absolute Gasteiger partial charge is 0.465 e. The fourth-order valence-corrected chi connectivity index (χ4v) is 4.56. The number of hydrogen-bond acceptors (Lipinski definition) is 6. The number of ether oxygens (including phenoxy) is 1. The minimum absolute atomic E-state index is 0.229. The molecule has 0 spiro atoms. The Balaban J connectivity index is 1.55. The minimum atomic E-state index is -0.450. The number of benzene rings is 2. The Kier molecular flexibility index (Phi) is 5.27. The molecule has 7 nitrogen and oxygen atoms in total. The summed E-state index contributed by atoms with van der Waals surface area (Å²) < 4.78 is 6.76. The molecule has 0 atom stereocenters. The van der Waals surface area contributed by atoms with E-state index in [1.165, 1.54) is 7.11 Å². The summed E-state index contributed by atoms with van der Waals surface area (Å²) in [6.45, 7) is 0. The van der Waals surface area contributed by atoms with Crippen LogP contribution in [-0.4, -0.2) is 28.5 Å². The first-order valence-electron chi connectivity index (χ1n) is 10.2. The molecule has 2 aromatic carbocycles. The number of nitrogens with zero attached hydrogens (tertiary/aromatic N) is 2. The van der Waals surface area contributed by atoms with Crippen molar-refractivity contribution in [2.24, 2.45) is 7.05 Å². The van der Waals surface area contributed by atoms with E-state index in [2.05, 4.69) is 15.6 Å². The highest BCUT2D eigenvalue weighted by Gasteiger charge is 2.29. The first-order chi connectivity index (χ1) is 16.0. The first-order valence-corrected chi connectivity index (χ1v) is 11.1. The first kappa shape index (κ1) is 20.7. The smallest absolute Gasteiger partial charge is 0.337 e. The molecule has 0 saturated heterocycles. The summed E-state index contributed by atoms with van der Waals surface area (Å²) in [4.78, 5) is 30.3. The van der Waals surface area contributed by atoms with Crippen molar-refractivity contribution in [2.75, 3.05) is 17.7 Å². The summed E-state index contributed by atoms with van der Waals surface area (Å²) >= 11 is 1.54. The number of aryl methyl sites for hydroxylation is 1. The van der Waals surface area contributed by atoms with Gasteiger partial charge in [0.1, 0.15) is 5.82 Å². The summed E-state index contributed by atoms with van der Waals surface area (Å²) in [5, 5.41) is 8.29. The Labute approximate surface area is 194 Å². The third-order valence-electron chi connectivity index (χ3n) is 5.44. The Hall–Kier alpha value is -4.17. The van der Waals surface area contributed by atoms with Crippen LogP contribution in [0.4, 0.5) is 11.4 Å². The van der Waals surface area contributed by atoms with Gasteiger partial charge in [-0.25, -0.2) is 9.78 Å². The maximum absolute atomic E-state index is 13.0. The number of esters is 1. The maximum atomic E-state index is 13.0. The third kappa shape index (κ3) is 3.81. The normalized spacial score (nSPS) is 13.9. The van der Waals surface area contributed by atoms with Crippen LogP contribution in [0, 0.1) is 0 Å².